The molecule has 106 valence electrons. The molecule has 1 unspecified atom stereocenters. The first kappa shape index (κ1) is 12.5. The summed E-state index contributed by atoms with van der Waals surface area (Å²) in [5, 5.41) is 3.06. The van der Waals surface area contributed by atoms with Crippen molar-refractivity contribution in [1.29, 1.82) is 0 Å². The van der Waals surface area contributed by atoms with E-state index in [9.17, 15) is 4.79 Å². The number of nitrogens with one attached hydrogen (secondary N) is 1. The zero-order chi connectivity index (χ0) is 14.2. The minimum Gasteiger partial charge on any atom is -0.359 e. The van der Waals surface area contributed by atoms with Gasteiger partial charge in [0, 0.05) is 24.3 Å². The van der Waals surface area contributed by atoms with E-state index in [0.29, 0.717) is 0 Å². The average molecular weight is 278 g/mol. The Bertz CT molecular complexity index is 695. The fourth-order valence-corrected chi connectivity index (χ4v) is 3.48. The topological polar surface area (TPSA) is 32.3 Å². The second-order valence-electron chi connectivity index (χ2n) is 5.79. The molecule has 0 aliphatic carbocycles. The van der Waals surface area contributed by atoms with E-state index >= 15 is 0 Å². The van der Waals surface area contributed by atoms with Crippen molar-refractivity contribution in [2.45, 2.75) is 25.3 Å². The first-order chi connectivity index (χ1) is 10.3. The molecule has 3 nitrogen and oxygen atoms in total. The normalized spacial score (nSPS) is 20.5. The maximum absolute atomic E-state index is 12.5. The van der Waals surface area contributed by atoms with Crippen molar-refractivity contribution in [3.8, 4) is 0 Å². The molecule has 2 aliphatic heterocycles. The van der Waals surface area contributed by atoms with Crippen LogP contribution < -0.4 is 10.2 Å². The number of carbonyl (C=O) groups is 1. The number of rotatable bonds is 1. The summed E-state index contributed by atoms with van der Waals surface area (Å²) in [6.45, 7) is 0.956. The molecule has 0 radical (unpaired) electrons. The van der Waals surface area contributed by atoms with E-state index in [-0.39, 0.29) is 11.9 Å². The minimum absolute atomic E-state index is 0.0960. The Balaban J connectivity index is 1.71. The van der Waals surface area contributed by atoms with Crippen molar-refractivity contribution in [2.75, 3.05) is 16.8 Å². The molecule has 0 saturated heterocycles. The lowest BCUT2D eigenvalue weighted by Gasteiger charge is -2.39. The molecule has 2 aromatic carbocycles. The highest BCUT2D eigenvalue weighted by atomic mass is 16.2. The van der Waals surface area contributed by atoms with Gasteiger partial charge in [-0.15, -0.1) is 0 Å². The van der Waals surface area contributed by atoms with Crippen molar-refractivity contribution >= 4 is 17.3 Å². The fraction of sp³-hybridized carbons (Fsp3) is 0.278. The van der Waals surface area contributed by atoms with Gasteiger partial charge in [0.2, 0.25) is 5.91 Å². The number of amides is 1. The van der Waals surface area contributed by atoms with Gasteiger partial charge in [-0.05, 0) is 36.1 Å². The van der Waals surface area contributed by atoms with Crippen LogP contribution in [0.25, 0.3) is 0 Å². The molecular formula is C18H18N2O. The third-order valence-corrected chi connectivity index (χ3v) is 4.51. The first-order valence-electron chi connectivity index (χ1n) is 7.56. The van der Waals surface area contributed by atoms with Gasteiger partial charge in [-0.2, -0.15) is 0 Å². The van der Waals surface area contributed by atoms with Gasteiger partial charge in [-0.3, -0.25) is 4.79 Å². The van der Waals surface area contributed by atoms with E-state index in [4.69, 9.17) is 0 Å². The van der Waals surface area contributed by atoms with E-state index < -0.39 is 0 Å². The van der Waals surface area contributed by atoms with Crippen molar-refractivity contribution in [1.82, 2.24) is 0 Å². The lowest BCUT2D eigenvalue weighted by atomic mass is 9.94. The minimum atomic E-state index is -0.0960. The first-order valence-corrected chi connectivity index (χ1v) is 7.56. The molecule has 0 saturated carbocycles. The molecule has 1 N–H and O–H groups in total. The number of carbonyl (C=O) groups excluding carboxylic acids is 1. The molecule has 2 aliphatic rings. The summed E-state index contributed by atoms with van der Waals surface area (Å²) in [7, 11) is 0. The summed E-state index contributed by atoms with van der Waals surface area (Å²) in [6, 6.07) is 16.5. The molecule has 0 bridgehead atoms. The predicted octanol–water partition coefficient (Wildman–Crippen LogP) is 3.00. The van der Waals surface area contributed by atoms with E-state index in [2.05, 4.69) is 40.5 Å². The molecule has 2 aromatic rings. The van der Waals surface area contributed by atoms with Crippen LogP contribution in [0.4, 0.5) is 11.4 Å². The van der Waals surface area contributed by atoms with Gasteiger partial charge >= 0.3 is 0 Å². The standard InChI is InChI=1S/C18H18N2O/c21-18-17(12-14-7-1-3-9-15(14)19-18)20-11-5-8-13-6-2-4-10-16(13)20/h1-4,6-7,9-10,17H,5,8,11-12H2,(H,19,21). The lowest BCUT2D eigenvalue weighted by molar-refractivity contribution is -0.117. The molecule has 0 spiro atoms. The van der Waals surface area contributed by atoms with E-state index in [0.717, 1.165) is 31.5 Å². The van der Waals surface area contributed by atoms with E-state index in [1.54, 1.807) is 0 Å². The molecule has 4 rings (SSSR count). The van der Waals surface area contributed by atoms with Crippen molar-refractivity contribution in [3.63, 3.8) is 0 Å². The second-order valence-corrected chi connectivity index (χ2v) is 5.79. The molecule has 2 heterocycles. The van der Waals surface area contributed by atoms with Gasteiger partial charge in [0.1, 0.15) is 6.04 Å². The summed E-state index contributed by atoms with van der Waals surface area (Å²) in [5.41, 5.74) is 4.77. The molecule has 1 amide bonds. The monoisotopic (exact) mass is 278 g/mol. The molecule has 0 fully saturated rings. The Labute approximate surface area is 124 Å². The van der Waals surface area contributed by atoms with Gasteiger partial charge < -0.3 is 10.2 Å². The highest BCUT2D eigenvalue weighted by molar-refractivity contribution is 6.00. The quantitative estimate of drug-likeness (QED) is 0.869. The third kappa shape index (κ3) is 2.09. The van der Waals surface area contributed by atoms with Gasteiger partial charge in [0.25, 0.3) is 0 Å². The number of hydrogen-bond acceptors (Lipinski definition) is 2. The Morgan fingerprint density at radius 1 is 1.00 bits per heavy atom. The van der Waals surface area contributed by atoms with Gasteiger partial charge in [0.05, 0.1) is 0 Å². The summed E-state index contributed by atoms with van der Waals surface area (Å²) < 4.78 is 0. The van der Waals surface area contributed by atoms with Gasteiger partial charge in [-0.1, -0.05) is 36.4 Å². The summed E-state index contributed by atoms with van der Waals surface area (Å²) in [5.74, 6) is 0.116. The Morgan fingerprint density at radius 2 is 1.76 bits per heavy atom. The number of nitrogens with zero attached hydrogens (tertiary/aromatic N) is 1. The van der Waals surface area contributed by atoms with Crippen LogP contribution in [0.2, 0.25) is 0 Å². The summed E-state index contributed by atoms with van der Waals surface area (Å²) in [4.78, 5) is 14.8. The largest absolute Gasteiger partial charge is 0.359 e. The van der Waals surface area contributed by atoms with E-state index in [1.807, 2.05) is 18.2 Å². The Kier molecular flexibility index (Phi) is 2.92. The van der Waals surface area contributed by atoms with Gasteiger partial charge in [-0.25, -0.2) is 0 Å². The molecule has 21 heavy (non-hydrogen) atoms. The summed E-state index contributed by atoms with van der Waals surface area (Å²) in [6.07, 6.45) is 3.01. The molecule has 3 heteroatoms. The van der Waals surface area contributed by atoms with E-state index in [1.165, 1.54) is 16.8 Å². The number of fused-ring (bicyclic) bond motifs is 2. The molecule has 1 atom stereocenters. The SMILES string of the molecule is O=C1Nc2ccccc2CC1N1CCCc2ccccc21. The van der Waals surface area contributed by atoms with Crippen molar-refractivity contribution < 1.29 is 4.79 Å². The van der Waals surface area contributed by atoms with Crippen LogP contribution >= 0.6 is 0 Å². The highest BCUT2D eigenvalue weighted by Gasteiger charge is 2.33. The lowest BCUT2D eigenvalue weighted by Crippen LogP contribution is -2.49. The van der Waals surface area contributed by atoms with Crippen LogP contribution in [-0.4, -0.2) is 18.5 Å². The summed E-state index contributed by atoms with van der Waals surface area (Å²) >= 11 is 0. The smallest absolute Gasteiger partial charge is 0.247 e. The highest BCUT2D eigenvalue weighted by Crippen LogP contribution is 2.32. The number of para-hydroxylation sites is 2. The zero-order valence-electron chi connectivity index (χ0n) is 11.9. The number of anilines is 2. The van der Waals surface area contributed by atoms with Crippen LogP contribution in [0.5, 0.6) is 0 Å². The Hall–Kier alpha value is -2.29. The van der Waals surface area contributed by atoms with Crippen molar-refractivity contribution in [3.05, 3.63) is 59.7 Å². The van der Waals surface area contributed by atoms with Crippen LogP contribution in [0.15, 0.2) is 48.5 Å². The van der Waals surface area contributed by atoms with Gasteiger partial charge in [0.15, 0.2) is 0 Å². The van der Waals surface area contributed by atoms with Crippen LogP contribution in [0.3, 0.4) is 0 Å². The average Bonchev–Trinajstić information content (AvgIpc) is 2.54. The van der Waals surface area contributed by atoms with Crippen LogP contribution in [0, 0.1) is 0 Å². The number of hydrogen-bond donors (Lipinski definition) is 1. The Morgan fingerprint density at radius 3 is 2.67 bits per heavy atom. The predicted molar refractivity (Wildman–Crippen MR) is 84.7 cm³/mol. The van der Waals surface area contributed by atoms with Crippen LogP contribution in [-0.2, 0) is 17.6 Å². The third-order valence-electron chi connectivity index (χ3n) is 4.51. The number of aryl methyl sites for hydroxylation is 1. The molecular weight excluding hydrogens is 260 g/mol. The fourth-order valence-electron chi connectivity index (χ4n) is 3.48. The number of benzene rings is 2. The molecule has 0 aromatic heterocycles. The maximum atomic E-state index is 12.5. The maximum Gasteiger partial charge on any atom is 0.247 e. The second kappa shape index (κ2) is 4.92. The van der Waals surface area contributed by atoms with Crippen molar-refractivity contribution in [2.24, 2.45) is 0 Å². The van der Waals surface area contributed by atoms with Crippen LogP contribution in [0.1, 0.15) is 17.5 Å². The zero-order valence-corrected chi connectivity index (χ0v) is 11.9.